The van der Waals surface area contributed by atoms with Crippen LogP contribution in [0.25, 0.3) is 0 Å². The third-order valence-electron chi connectivity index (χ3n) is 3.68. The topological polar surface area (TPSA) is 0 Å². The van der Waals surface area contributed by atoms with Gasteiger partial charge in [-0.1, -0.05) is 27.7 Å². The van der Waals surface area contributed by atoms with E-state index in [0.29, 0.717) is 0 Å². The second-order valence-electron chi connectivity index (χ2n) is 6.24. The molecule has 0 radical (unpaired) electrons. The van der Waals surface area contributed by atoms with E-state index in [9.17, 15) is 0 Å². The molecule has 2 fully saturated rings. The molecule has 0 amide bonds. The molecule has 0 aromatic carbocycles. The zero-order valence-corrected chi connectivity index (χ0v) is 22.9. The Morgan fingerprint density at radius 3 is 0.885 bits per heavy atom. The standard InChI is InChI=1S/C18H34S8/c1-5-9-19-13-14(20-10-6-2)24-17(23-13)18-25-15(21-11-7-3)16(26-18)22-12-8-4/h13-18H,5-12H2,1-4H3. The van der Waals surface area contributed by atoms with Crippen molar-refractivity contribution in [3.8, 4) is 0 Å². The van der Waals surface area contributed by atoms with E-state index in [-0.39, 0.29) is 0 Å². The van der Waals surface area contributed by atoms with Crippen LogP contribution in [0.4, 0.5) is 0 Å². The highest BCUT2D eigenvalue weighted by atomic mass is 32.3. The summed E-state index contributed by atoms with van der Waals surface area (Å²) in [6, 6.07) is 0. The summed E-state index contributed by atoms with van der Waals surface area (Å²) in [7, 11) is 0. The van der Waals surface area contributed by atoms with Crippen LogP contribution in [0.3, 0.4) is 0 Å². The van der Waals surface area contributed by atoms with Crippen molar-refractivity contribution in [2.75, 3.05) is 23.0 Å². The van der Waals surface area contributed by atoms with Crippen molar-refractivity contribution >= 4 is 94.1 Å². The van der Waals surface area contributed by atoms with Crippen LogP contribution in [0, 0.1) is 0 Å². The molecule has 0 saturated carbocycles. The minimum absolute atomic E-state index is 0.783. The van der Waals surface area contributed by atoms with Gasteiger partial charge in [-0.15, -0.1) is 94.1 Å². The molecule has 0 aromatic heterocycles. The van der Waals surface area contributed by atoms with Gasteiger partial charge in [-0.2, -0.15) is 0 Å². The predicted molar refractivity (Wildman–Crippen MR) is 144 cm³/mol. The van der Waals surface area contributed by atoms with Crippen LogP contribution in [0.15, 0.2) is 0 Å². The van der Waals surface area contributed by atoms with E-state index in [4.69, 9.17) is 0 Å². The smallest absolute Gasteiger partial charge is 0.0736 e. The molecule has 0 nitrogen and oxygen atoms in total. The maximum absolute atomic E-state index is 2.32. The Morgan fingerprint density at radius 2 is 0.692 bits per heavy atom. The number of hydrogen-bond acceptors (Lipinski definition) is 8. The van der Waals surface area contributed by atoms with E-state index in [2.05, 4.69) is 122 Å². The molecule has 2 aliphatic heterocycles. The fraction of sp³-hybridized carbons (Fsp3) is 1.00. The van der Waals surface area contributed by atoms with E-state index in [1.54, 1.807) is 0 Å². The lowest BCUT2D eigenvalue weighted by Crippen LogP contribution is -2.08. The highest BCUT2D eigenvalue weighted by molar-refractivity contribution is 8.37. The SMILES string of the molecule is CCCSC1SC(C2SC(SCCC)C(SCCC)S2)SC1SCCC. The average molecular weight is 507 g/mol. The lowest BCUT2D eigenvalue weighted by atomic mass is 10.6. The highest BCUT2D eigenvalue weighted by Gasteiger charge is 2.46. The molecule has 0 N–H and O–H groups in total. The molecule has 0 bridgehead atoms. The van der Waals surface area contributed by atoms with Gasteiger partial charge in [0.25, 0.3) is 0 Å². The van der Waals surface area contributed by atoms with Gasteiger partial charge >= 0.3 is 0 Å². The van der Waals surface area contributed by atoms with Crippen molar-refractivity contribution in [1.82, 2.24) is 0 Å². The molecule has 4 unspecified atom stereocenters. The minimum atomic E-state index is 0.783. The third-order valence-corrected chi connectivity index (χ3v) is 19.4. The van der Waals surface area contributed by atoms with Gasteiger partial charge in [-0.25, -0.2) is 0 Å². The Labute approximate surface area is 196 Å². The zero-order valence-electron chi connectivity index (χ0n) is 16.4. The fourth-order valence-corrected chi connectivity index (χ4v) is 18.7. The van der Waals surface area contributed by atoms with Crippen molar-refractivity contribution < 1.29 is 0 Å². The fourth-order valence-electron chi connectivity index (χ4n) is 2.51. The largest absolute Gasteiger partial charge is 0.146 e. The average Bonchev–Trinajstić information content (AvgIpc) is 3.25. The van der Waals surface area contributed by atoms with Gasteiger partial charge in [0.15, 0.2) is 0 Å². The summed E-state index contributed by atoms with van der Waals surface area (Å²) in [6.45, 7) is 9.27. The van der Waals surface area contributed by atoms with Crippen molar-refractivity contribution in [3.63, 3.8) is 0 Å². The van der Waals surface area contributed by atoms with Gasteiger partial charge in [0, 0.05) is 0 Å². The highest BCUT2D eigenvalue weighted by Crippen LogP contribution is 2.62. The number of thioether (sulfide) groups is 8. The monoisotopic (exact) mass is 506 g/mol. The predicted octanol–water partition coefficient (Wildman–Crippen LogP) is 8.48. The zero-order chi connectivity index (χ0) is 18.8. The Morgan fingerprint density at radius 1 is 0.462 bits per heavy atom. The van der Waals surface area contributed by atoms with Crippen molar-refractivity contribution in [3.05, 3.63) is 0 Å². The van der Waals surface area contributed by atoms with E-state index >= 15 is 0 Å². The maximum atomic E-state index is 2.32. The van der Waals surface area contributed by atoms with E-state index in [1.165, 1.54) is 48.7 Å². The molecule has 4 atom stereocenters. The lowest BCUT2D eigenvalue weighted by molar-refractivity contribution is 1.10. The summed E-state index contributed by atoms with van der Waals surface area (Å²) in [4.78, 5) is 0. The van der Waals surface area contributed by atoms with Gasteiger partial charge in [-0.05, 0) is 48.7 Å². The first kappa shape index (κ1) is 25.1. The molecule has 0 spiro atoms. The summed E-state index contributed by atoms with van der Waals surface area (Å²) in [6.07, 6.45) is 5.22. The molecule has 2 heterocycles. The third kappa shape index (κ3) is 8.14. The minimum Gasteiger partial charge on any atom is -0.146 e. The number of hydrogen-bond donors (Lipinski definition) is 0. The Bertz CT molecular complexity index is 303. The van der Waals surface area contributed by atoms with Gasteiger partial charge in [0.2, 0.25) is 0 Å². The van der Waals surface area contributed by atoms with Crippen LogP contribution in [0.1, 0.15) is 53.4 Å². The first-order chi connectivity index (χ1) is 12.7. The van der Waals surface area contributed by atoms with E-state index < -0.39 is 0 Å². The molecule has 8 heteroatoms. The second-order valence-corrected chi connectivity index (χ2v) is 18.2. The molecule has 154 valence electrons. The van der Waals surface area contributed by atoms with Gasteiger partial charge < -0.3 is 0 Å². The van der Waals surface area contributed by atoms with E-state index in [0.717, 1.165) is 27.5 Å². The summed E-state index contributed by atoms with van der Waals surface area (Å²) >= 11 is 18.1. The quantitative estimate of drug-likeness (QED) is 0.241. The van der Waals surface area contributed by atoms with Crippen LogP contribution in [-0.2, 0) is 0 Å². The van der Waals surface area contributed by atoms with Crippen molar-refractivity contribution in [2.24, 2.45) is 0 Å². The Balaban J connectivity index is 1.93. The van der Waals surface area contributed by atoms with Crippen LogP contribution < -0.4 is 0 Å². The van der Waals surface area contributed by atoms with Gasteiger partial charge in [0.1, 0.15) is 0 Å². The van der Waals surface area contributed by atoms with E-state index in [1.807, 2.05) is 0 Å². The summed E-state index contributed by atoms with van der Waals surface area (Å²) in [5, 5.41) is 0. The van der Waals surface area contributed by atoms with Crippen LogP contribution in [-0.4, -0.2) is 50.5 Å². The molecular weight excluding hydrogens is 473 g/mol. The lowest BCUT2D eigenvalue weighted by Gasteiger charge is -2.16. The van der Waals surface area contributed by atoms with Gasteiger partial charge in [-0.3, -0.25) is 0 Å². The molecule has 0 aliphatic carbocycles. The molecular formula is C18H34S8. The molecule has 26 heavy (non-hydrogen) atoms. The summed E-state index contributed by atoms with van der Waals surface area (Å²) < 4.78 is 4.76. The summed E-state index contributed by atoms with van der Waals surface area (Å²) in [5.74, 6) is 5.29. The van der Waals surface area contributed by atoms with Gasteiger partial charge in [0.05, 0.1) is 27.5 Å². The first-order valence-electron chi connectivity index (χ1n) is 9.81. The molecule has 2 aliphatic rings. The molecule has 0 aromatic rings. The van der Waals surface area contributed by atoms with Crippen molar-refractivity contribution in [2.45, 2.75) is 80.9 Å². The summed E-state index contributed by atoms with van der Waals surface area (Å²) in [5.41, 5.74) is 0. The Kier molecular flexibility index (Phi) is 14.2. The van der Waals surface area contributed by atoms with Crippen LogP contribution in [0.2, 0.25) is 0 Å². The maximum Gasteiger partial charge on any atom is 0.0736 e. The normalized spacial score (nSPS) is 34.6. The van der Waals surface area contributed by atoms with Crippen LogP contribution in [0.5, 0.6) is 0 Å². The number of rotatable bonds is 13. The second kappa shape index (κ2) is 14.7. The first-order valence-corrected chi connectivity index (χ1v) is 17.8. The Hall–Kier alpha value is 2.80. The van der Waals surface area contributed by atoms with Crippen molar-refractivity contribution in [1.29, 1.82) is 0 Å². The molecule has 2 rings (SSSR count). The molecule has 2 saturated heterocycles. The van der Waals surface area contributed by atoms with Crippen LogP contribution >= 0.6 is 94.1 Å².